The number of nitrogen functional groups attached to an aromatic ring is 1. The van der Waals surface area contributed by atoms with E-state index in [9.17, 15) is 4.39 Å². The van der Waals surface area contributed by atoms with E-state index in [-0.39, 0.29) is 5.82 Å². The fraction of sp³-hybridized carbons (Fsp3) is 0.182. The van der Waals surface area contributed by atoms with Crippen LogP contribution in [0.5, 0.6) is 0 Å². The monoisotopic (exact) mass is 346 g/mol. The van der Waals surface area contributed by atoms with Gasteiger partial charge < -0.3 is 11.1 Å². The first-order valence-corrected chi connectivity index (χ1v) is 6.20. The molecule has 0 atom stereocenters. The van der Waals surface area contributed by atoms with Gasteiger partial charge in [-0.15, -0.1) is 0 Å². The Bertz CT molecular complexity index is 498. The van der Waals surface area contributed by atoms with Crippen molar-refractivity contribution in [3.63, 3.8) is 0 Å². The predicted molar refractivity (Wildman–Crippen MR) is 74.2 cm³/mol. The smallest absolute Gasteiger partial charge is 0.138 e. The summed E-state index contributed by atoms with van der Waals surface area (Å²) in [4.78, 5) is 0. The van der Waals surface area contributed by atoms with Gasteiger partial charge in [-0.3, -0.25) is 4.68 Å². The molecule has 0 aliphatic rings. The molecule has 0 saturated carbocycles. The topological polar surface area (TPSA) is 55.9 Å². The number of rotatable bonds is 4. The first-order chi connectivity index (χ1) is 8.16. The van der Waals surface area contributed by atoms with E-state index in [1.54, 1.807) is 16.9 Å². The van der Waals surface area contributed by atoms with Crippen molar-refractivity contribution in [2.24, 2.45) is 0 Å². The van der Waals surface area contributed by atoms with Crippen molar-refractivity contribution in [2.75, 3.05) is 17.6 Å². The molecule has 0 bridgehead atoms. The molecule has 6 heteroatoms. The zero-order valence-electron chi connectivity index (χ0n) is 9.03. The van der Waals surface area contributed by atoms with Crippen LogP contribution in [-0.2, 0) is 6.54 Å². The Morgan fingerprint density at radius 3 is 3.00 bits per heavy atom. The third-order valence-corrected chi connectivity index (χ3v) is 3.13. The van der Waals surface area contributed by atoms with E-state index < -0.39 is 0 Å². The summed E-state index contributed by atoms with van der Waals surface area (Å²) >= 11 is 1.92. The molecule has 0 saturated heterocycles. The van der Waals surface area contributed by atoms with Gasteiger partial charge in [-0.2, -0.15) is 5.10 Å². The predicted octanol–water partition coefficient (Wildman–Crippen LogP) is 2.32. The first kappa shape index (κ1) is 12.2. The third kappa shape index (κ3) is 3.09. The first-order valence-electron chi connectivity index (χ1n) is 5.12. The molecule has 2 rings (SSSR count). The van der Waals surface area contributed by atoms with Crippen LogP contribution in [0.15, 0.2) is 30.6 Å². The number of benzene rings is 1. The number of anilines is 2. The molecular formula is C11H12FIN4. The van der Waals surface area contributed by atoms with E-state index >= 15 is 0 Å². The van der Waals surface area contributed by atoms with Crippen molar-refractivity contribution in [1.82, 2.24) is 9.78 Å². The highest BCUT2D eigenvalue weighted by molar-refractivity contribution is 14.1. The molecule has 1 heterocycles. The van der Waals surface area contributed by atoms with E-state index in [2.05, 4.69) is 10.4 Å². The maximum Gasteiger partial charge on any atom is 0.138 e. The van der Waals surface area contributed by atoms with Crippen LogP contribution in [0.25, 0.3) is 0 Å². The van der Waals surface area contributed by atoms with E-state index in [0.29, 0.717) is 28.0 Å². The number of nitrogens with zero attached hydrogens (tertiary/aromatic N) is 2. The molecule has 0 spiro atoms. The minimum absolute atomic E-state index is 0.263. The number of nitrogens with one attached hydrogen (secondary N) is 1. The molecule has 1 aromatic carbocycles. The summed E-state index contributed by atoms with van der Waals surface area (Å²) in [5.74, 6) is -0.263. The van der Waals surface area contributed by atoms with Crippen LogP contribution < -0.4 is 11.1 Å². The molecule has 0 fully saturated rings. The summed E-state index contributed by atoms with van der Waals surface area (Å²) < 4.78 is 15.7. The van der Waals surface area contributed by atoms with Gasteiger partial charge in [0.2, 0.25) is 0 Å². The van der Waals surface area contributed by atoms with Gasteiger partial charge in [0, 0.05) is 25.0 Å². The molecule has 17 heavy (non-hydrogen) atoms. The van der Waals surface area contributed by atoms with Gasteiger partial charge in [0.1, 0.15) is 5.82 Å². The van der Waals surface area contributed by atoms with Crippen LogP contribution in [0.2, 0.25) is 0 Å². The highest BCUT2D eigenvalue weighted by atomic mass is 127. The molecule has 3 N–H and O–H groups in total. The number of hydrogen-bond donors (Lipinski definition) is 2. The fourth-order valence-electron chi connectivity index (χ4n) is 1.45. The van der Waals surface area contributed by atoms with Crippen molar-refractivity contribution in [1.29, 1.82) is 0 Å². The van der Waals surface area contributed by atoms with Crippen molar-refractivity contribution >= 4 is 34.0 Å². The van der Waals surface area contributed by atoms with Gasteiger partial charge >= 0.3 is 0 Å². The standard InChI is InChI=1S/C11H12FIN4/c12-8-6-11(10(14)7-9(8)13)15-3-5-17-4-1-2-16-17/h1-2,4,6-7,15H,3,5,14H2. The summed E-state index contributed by atoms with van der Waals surface area (Å²) in [6, 6.07) is 4.89. The van der Waals surface area contributed by atoms with Crippen molar-refractivity contribution < 1.29 is 4.39 Å². The Balaban J connectivity index is 1.97. The number of aromatic nitrogens is 2. The maximum atomic E-state index is 13.3. The highest BCUT2D eigenvalue weighted by Gasteiger charge is 2.05. The number of hydrogen-bond acceptors (Lipinski definition) is 3. The quantitative estimate of drug-likeness (QED) is 0.660. The summed E-state index contributed by atoms with van der Waals surface area (Å²) in [6.07, 6.45) is 3.60. The lowest BCUT2D eigenvalue weighted by molar-refractivity contribution is 0.619. The lowest BCUT2D eigenvalue weighted by Crippen LogP contribution is -2.12. The highest BCUT2D eigenvalue weighted by Crippen LogP contribution is 2.23. The van der Waals surface area contributed by atoms with Crippen LogP contribution in [0.1, 0.15) is 0 Å². The zero-order chi connectivity index (χ0) is 12.3. The van der Waals surface area contributed by atoms with Crippen molar-refractivity contribution in [2.45, 2.75) is 6.54 Å². The second-order valence-electron chi connectivity index (χ2n) is 3.55. The molecule has 0 aliphatic carbocycles. The molecule has 90 valence electrons. The molecule has 2 aromatic rings. The van der Waals surface area contributed by atoms with Gasteiger partial charge in [0.15, 0.2) is 0 Å². The summed E-state index contributed by atoms with van der Waals surface area (Å²) in [5, 5.41) is 7.16. The van der Waals surface area contributed by atoms with Gasteiger partial charge in [-0.1, -0.05) is 0 Å². The second-order valence-corrected chi connectivity index (χ2v) is 4.71. The van der Waals surface area contributed by atoms with E-state index in [4.69, 9.17) is 5.73 Å². The summed E-state index contributed by atoms with van der Waals surface area (Å²) in [7, 11) is 0. The molecular weight excluding hydrogens is 334 g/mol. The third-order valence-electron chi connectivity index (χ3n) is 2.31. The van der Waals surface area contributed by atoms with Gasteiger partial charge in [0.25, 0.3) is 0 Å². The molecule has 0 radical (unpaired) electrons. The molecule has 1 aromatic heterocycles. The van der Waals surface area contributed by atoms with E-state index in [0.717, 1.165) is 0 Å². The molecule has 0 amide bonds. The minimum Gasteiger partial charge on any atom is -0.397 e. The number of nitrogens with two attached hydrogens (primary N) is 1. The van der Waals surface area contributed by atoms with Crippen LogP contribution in [0.3, 0.4) is 0 Å². The largest absolute Gasteiger partial charge is 0.397 e. The van der Waals surface area contributed by atoms with Crippen LogP contribution in [-0.4, -0.2) is 16.3 Å². The molecule has 0 aliphatic heterocycles. The summed E-state index contributed by atoms with van der Waals surface area (Å²) in [5.41, 5.74) is 6.97. The Hall–Kier alpha value is -1.31. The van der Waals surface area contributed by atoms with Crippen molar-refractivity contribution in [3.05, 3.63) is 40.0 Å². The normalized spacial score (nSPS) is 10.5. The Labute approximate surface area is 112 Å². The van der Waals surface area contributed by atoms with Gasteiger partial charge in [0.05, 0.1) is 21.5 Å². The minimum atomic E-state index is -0.263. The zero-order valence-corrected chi connectivity index (χ0v) is 11.2. The summed E-state index contributed by atoms with van der Waals surface area (Å²) in [6.45, 7) is 1.35. The maximum absolute atomic E-state index is 13.3. The SMILES string of the molecule is Nc1cc(I)c(F)cc1NCCn1cccn1. The molecule has 4 nitrogen and oxygen atoms in total. The Kier molecular flexibility index (Phi) is 3.82. The average Bonchev–Trinajstić information content (AvgIpc) is 2.78. The number of halogens is 2. The van der Waals surface area contributed by atoms with E-state index in [1.165, 1.54) is 6.07 Å². The van der Waals surface area contributed by atoms with Crippen LogP contribution in [0.4, 0.5) is 15.8 Å². The molecule has 0 unspecified atom stereocenters. The second kappa shape index (κ2) is 5.35. The van der Waals surface area contributed by atoms with Crippen molar-refractivity contribution in [3.8, 4) is 0 Å². The average molecular weight is 346 g/mol. The lowest BCUT2D eigenvalue weighted by Gasteiger charge is -2.10. The van der Waals surface area contributed by atoms with Crippen LogP contribution in [0, 0.1) is 9.39 Å². The van der Waals surface area contributed by atoms with Gasteiger partial charge in [-0.05, 0) is 34.7 Å². The van der Waals surface area contributed by atoms with Gasteiger partial charge in [-0.25, -0.2) is 4.39 Å². The Morgan fingerprint density at radius 1 is 1.47 bits per heavy atom. The van der Waals surface area contributed by atoms with Crippen LogP contribution >= 0.6 is 22.6 Å². The van der Waals surface area contributed by atoms with E-state index in [1.807, 2.05) is 34.9 Å². The lowest BCUT2D eigenvalue weighted by atomic mass is 10.2. The fourth-order valence-corrected chi connectivity index (χ4v) is 1.94. The Morgan fingerprint density at radius 2 is 2.29 bits per heavy atom.